The van der Waals surface area contributed by atoms with E-state index >= 15 is 0 Å². The minimum Gasteiger partial charge on any atom is -0.397 e. The Morgan fingerprint density at radius 3 is 2.94 bits per heavy atom. The van der Waals surface area contributed by atoms with Gasteiger partial charge in [-0.25, -0.2) is 0 Å². The van der Waals surface area contributed by atoms with Crippen LogP contribution in [0.5, 0.6) is 0 Å². The number of benzene rings is 1. The Labute approximate surface area is 117 Å². The molecule has 1 aromatic carbocycles. The first-order valence-electron chi connectivity index (χ1n) is 5.84. The first-order chi connectivity index (χ1) is 8.56. The molecule has 2 atom stereocenters. The molecule has 2 unspecified atom stereocenters. The maximum atomic E-state index is 12.1. The monoisotopic (exact) mass is 324 g/mol. The summed E-state index contributed by atoms with van der Waals surface area (Å²) >= 11 is 4.87. The van der Waals surface area contributed by atoms with Gasteiger partial charge in [-0.15, -0.1) is 11.3 Å². The molecule has 1 aliphatic carbocycles. The van der Waals surface area contributed by atoms with Gasteiger partial charge in [0.25, 0.3) is 5.91 Å². The Kier molecular flexibility index (Phi) is 2.83. The van der Waals surface area contributed by atoms with Gasteiger partial charge in [0.2, 0.25) is 0 Å². The highest BCUT2D eigenvalue weighted by atomic mass is 79.9. The van der Waals surface area contributed by atoms with E-state index in [1.54, 1.807) is 0 Å². The van der Waals surface area contributed by atoms with Gasteiger partial charge in [0.15, 0.2) is 0 Å². The number of nitrogen functional groups attached to an aromatic ring is 1. The van der Waals surface area contributed by atoms with Crippen molar-refractivity contribution in [3.63, 3.8) is 0 Å². The van der Waals surface area contributed by atoms with Gasteiger partial charge in [0.05, 0.1) is 5.69 Å². The van der Waals surface area contributed by atoms with Gasteiger partial charge in [0.1, 0.15) is 4.88 Å². The molecule has 94 valence electrons. The van der Waals surface area contributed by atoms with Gasteiger partial charge in [-0.3, -0.25) is 4.79 Å². The smallest absolute Gasteiger partial charge is 0.263 e. The predicted octanol–water partition coefficient (Wildman–Crippen LogP) is 3.38. The van der Waals surface area contributed by atoms with Crippen molar-refractivity contribution in [2.45, 2.75) is 19.4 Å². The summed E-state index contributed by atoms with van der Waals surface area (Å²) in [7, 11) is 0. The second-order valence-corrected chi connectivity index (χ2v) is 6.75. The first-order valence-corrected chi connectivity index (χ1v) is 7.45. The maximum absolute atomic E-state index is 12.1. The number of halogens is 1. The van der Waals surface area contributed by atoms with Gasteiger partial charge in [-0.1, -0.05) is 22.9 Å². The molecule has 0 bridgehead atoms. The van der Waals surface area contributed by atoms with Gasteiger partial charge in [-0.05, 0) is 30.5 Å². The SMILES string of the molecule is CC1CC1NC(=O)c1sc2ccc(Br)cc2c1N. The van der Waals surface area contributed by atoms with Crippen LogP contribution in [0.1, 0.15) is 23.0 Å². The molecule has 5 heteroatoms. The van der Waals surface area contributed by atoms with Gasteiger partial charge >= 0.3 is 0 Å². The zero-order valence-electron chi connectivity index (χ0n) is 9.87. The lowest BCUT2D eigenvalue weighted by Gasteiger charge is -2.02. The lowest BCUT2D eigenvalue weighted by molar-refractivity contribution is 0.0954. The molecular weight excluding hydrogens is 312 g/mol. The number of rotatable bonds is 2. The van der Waals surface area contributed by atoms with Crippen molar-refractivity contribution in [2.24, 2.45) is 5.92 Å². The third kappa shape index (κ3) is 2.01. The van der Waals surface area contributed by atoms with E-state index in [4.69, 9.17) is 5.73 Å². The van der Waals surface area contributed by atoms with Crippen molar-refractivity contribution < 1.29 is 4.79 Å². The van der Waals surface area contributed by atoms with E-state index in [-0.39, 0.29) is 5.91 Å². The Morgan fingerprint density at radius 2 is 2.28 bits per heavy atom. The number of thiophene rings is 1. The predicted molar refractivity (Wildman–Crippen MR) is 79.0 cm³/mol. The van der Waals surface area contributed by atoms with E-state index in [1.165, 1.54) is 11.3 Å². The minimum atomic E-state index is -0.0424. The molecule has 1 saturated carbocycles. The van der Waals surface area contributed by atoms with Crippen molar-refractivity contribution in [1.82, 2.24) is 5.32 Å². The molecule has 0 saturated heterocycles. The molecule has 3 nitrogen and oxygen atoms in total. The van der Waals surface area contributed by atoms with Crippen LogP contribution in [0.15, 0.2) is 22.7 Å². The Hall–Kier alpha value is -1.07. The summed E-state index contributed by atoms with van der Waals surface area (Å²) in [4.78, 5) is 12.8. The van der Waals surface area contributed by atoms with Crippen molar-refractivity contribution in [2.75, 3.05) is 5.73 Å². The second kappa shape index (κ2) is 4.24. The van der Waals surface area contributed by atoms with E-state index in [0.29, 0.717) is 22.5 Å². The number of carbonyl (C=O) groups is 1. The van der Waals surface area contributed by atoms with Crippen LogP contribution < -0.4 is 11.1 Å². The van der Waals surface area contributed by atoms with E-state index in [1.807, 2.05) is 18.2 Å². The van der Waals surface area contributed by atoms with Crippen LogP contribution in [0.3, 0.4) is 0 Å². The quantitative estimate of drug-likeness (QED) is 0.889. The number of amides is 1. The van der Waals surface area contributed by atoms with Crippen molar-refractivity contribution in [1.29, 1.82) is 0 Å². The van der Waals surface area contributed by atoms with E-state index in [0.717, 1.165) is 21.0 Å². The molecular formula is C13H13BrN2OS. The van der Waals surface area contributed by atoms with Crippen LogP contribution >= 0.6 is 27.3 Å². The Bertz CT molecular complexity index is 637. The molecule has 0 spiro atoms. The molecule has 1 fully saturated rings. The topological polar surface area (TPSA) is 55.1 Å². The maximum Gasteiger partial charge on any atom is 0.263 e. The molecule has 18 heavy (non-hydrogen) atoms. The summed E-state index contributed by atoms with van der Waals surface area (Å²) in [6.07, 6.45) is 1.07. The standard InChI is InChI=1S/C13H13BrN2OS/c1-6-4-9(6)16-13(17)12-11(15)8-5-7(14)2-3-10(8)18-12/h2-3,5-6,9H,4,15H2,1H3,(H,16,17). The highest BCUT2D eigenvalue weighted by Gasteiger charge is 2.34. The van der Waals surface area contributed by atoms with Crippen LogP contribution in [0.25, 0.3) is 10.1 Å². The summed E-state index contributed by atoms with van der Waals surface area (Å²) in [6, 6.07) is 6.23. The number of carbonyl (C=O) groups excluding carboxylic acids is 1. The molecule has 3 rings (SSSR count). The van der Waals surface area contributed by atoms with Crippen LogP contribution in [-0.4, -0.2) is 11.9 Å². The summed E-state index contributed by atoms with van der Waals surface area (Å²) in [6.45, 7) is 2.14. The lowest BCUT2D eigenvalue weighted by atomic mass is 10.2. The number of nitrogens with two attached hydrogens (primary N) is 1. The van der Waals surface area contributed by atoms with Crippen molar-refractivity contribution >= 4 is 48.9 Å². The molecule has 3 N–H and O–H groups in total. The minimum absolute atomic E-state index is 0.0424. The number of hydrogen-bond acceptors (Lipinski definition) is 3. The molecule has 1 aliphatic rings. The Balaban J connectivity index is 1.96. The zero-order valence-corrected chi connectivity index (χ0v) is 12.3. The number of anilines is 1. The highest BCUT2D eigenvalue weighted by molar-refractivity contribution is 9.10. The summed E-state index contributed by atoms with van der Waals surface area (Å²) in [5.74, 6) is 0.554. The average Bonchev–Trinajstić information content (AvgIpc) is 2.91. The third-order valence-electron chi connectivity index (χ3n) is 3.32. The van der Waals surface area contributed by atoms with E-state index < -0.39 is 0 Å². The normalized spacial score (nSPS) is 22.1. The van der Waals surface area contributed by atoms with Crippen LogP contribution in [0.4, 0.5) is 5.69 Å². The van der Waals surface area contributed by atoms with Crippen LogP contribution in [0.2, 0.25) is 0 Å². The molecule has 1 aromatic heterocycles. The summed E-state index contributed by atoms with van der Waals surface area (Å²) < 4.78 is 2.02. The van der Waals surface area contributed by atoms with Crippen molar-refractivity contribution in [3.05, 3.63) is 27.5 Å². The van der Waals surface area contributed by atoms with E-state index in [9.17, 15) is 4.79 Å². The third-order valence-corrected chi connectivity index (χ3v) is 5.00. The second-order valence-electron chi connectivity index (χ2n) is 4.78. The van der Waals surface area contributed by atoms with Crippen LogP contribution in [0, 0.1) is 5.92 Å². The molecule has 1 heterocycles. The average molecular weight is 325 g/mol. The zero-order chi connectivity index (χ0) is 12.9. The largest absolute Gasteiger partial charge is 0.397 e. The van der Waals surface area contributed by atoms with Gasteiger partial charge < -0.3 is 11.1 Å². The van der Waals surface area contributed by atoms with Gasteiger partial charge in [-0.2, -0.15) is 0 Å². The number of nitrogens with one attached hydrogen (secondary N) is 1. The lowest BCUT2D eigenvalue weighted by Crippen LogP contribution is -2.26. The fourth-order valence-corrected chi connectivity index (χ4v) is 3.38. The van der Waals surface area contributed by atoms with Crippen molar-refractivity contribution in [3.8, 4) is 0 Å². The number of hydrogen-bond donors (Lipinski definition) is 2. The molecule has 1 amide bonds. The highest BCUT2D eigenvalue weighted by Crippen LogP contribution is 2.36. The molecule has 2 aromatic rings. The molecule has 0 aliphatic heterocycles. The Morgan fingerprint density at radius 1 is 1.56 bits per heavy atom. The van der Waals surface area contributed by atoms with Gasteiger partial charge in [0, 0.05) is 20.6 Å². The fourth-order valence-electron chi connectivity index (χ4n) is 2.01. The van der Waals surface area contributed by atoms with Crippen LogP contribution in [-0.2, 0) is 0 Å². The van der Waals surface area contributed by atoms with E-state index in [2.05, 4.69) is 28.2 Å². The summed E-state index contributed by atoms with van der Waals surface area (Å²) in [5, 5.41) is 3.96. The number of fused-ring (bicyclic) bond motifs is 1. The molecule has 0 radical (unpaired) electrons. The first kappa shape index (κ1) is 12.0. The fraction of sp³-hybridized carbons (Fsp3) is 0.308. The summed E-state index contributed by atoms with van der Waals surface area (Å²) in [5.41, 5.74) is 6.65.